The van der Waals surface area contributed by atoms with Crippen LogP contribution in [-0.4, -0.2) is 21.7 Å². The smallest absolute Gasteiger partial charge is 0.266 e. The second-order valence-corrected chi connectivity index (χ2v) is 8.64. The van der Waals surface area contributed by atoms with Gasteiger partial charge in [-0.25, -0.2) is 0 Å². The molecule has 1 amide bonds. The number of nitrogens with zero attached hydrogens (tertiary/aromatic N) is 1. The summed E-state index contributed by atoms with van der Waals surface area (Å²) in [7, 11) is 0. The summed E-state index contributed by atoms with van der Waals surface area (Å²) < 4.78 is 7.39. The third-order valence-corrected chi connectivity index (χ3v) is 6.02. The Balaban J connectivity index is 1.86. The monoisotopic (exact) mass is 479 g/mol. The molecule has 1 saturated heterocycles. The third-order valence-electron chi connectivity index (χ3n) is 3.78. The molecular formula is C20H15BrClNO2S2. The van der Waals surface area contributed by atoms with Gasteiger partial charge in [-0.05, 0) is 30.3 Å². The Kier molecular flexibility index (Phi) is 6.76. The highest BCUT2D eigenvalue weighted by atomic mass is 79.9. The Bertz CT molecular complexity index is 945. The Labute approximate surface area is 181 Å². The van der Waals surface area contributed by atoms with Crippen LogP contribution in [0.4, 0.5) is 0 Å². The molecule has 2 aromatic rings. The predicted octanol–water partition coefficient (Wildman–Crippen LogP) is 6.07. The first-order valence-electron chi connectivity index (χ1n) is 8.01. The van der Waals surface area contributed by atoms with Crippen LogP contribution in [0.3, 0.4) is 0 Å². The molecule has 0 atom stereocenters. The van der Waals surface area contributed by atoms with Gasteiger partial charge in [0.1, 0.15) is 16.7 Å². The van der Waals surface area contributed by atoms with Gasteiger partial charge in [0.15, 0.2) is 0 Å². The van der Waals surface area contributed by atoms with Crippen molar-refractivity contribution in [2.75, 3.05) is 6.54 Å². The number of halogens is 2. The van der Waals surface area contributed by atoms with Crippen molar-refractivity contribution in [2.24, 2.45) is 0 Å². The van der Waals surface area contributed by atoms with E-state index < -0.39 is 0 Å². The summed E-state index contributed by atoms with van der Waals surface area (Å²) in [6.07, 6.45) is 3.46. The average Bonchev–Trinajstić information content (AvgIpc) is 2.90. The zero-order valence-electron chi connectivity index (χ0n) is 14.2. The van der Waals surface area contributed by atoms with Crippen molar-refractivity contribution in [3.05, 3.63) is 80.6 Å². The van der Waals surface area contributed by atoms with Crippen LogP contribution in [0, 0.1) is 0 Å². The summed E-state index contributed by atoms with van der Waals surface area (Å²) in [5, 5.41) is 0.654. The van der Waals surface area contributed by atoms with E-state index in [0.29, 0.717) is 33.1 Å². The summed E-state index contributed by atoms with van der Waals surface area (Å²) in [5.74, 6) is 0.536. The van der Waals surface area contributed by atoms with Gasteiger partial charge in [0.2, 0.25) is 0 Å². The largest absolute Gasteiger partial charge is 0.488 e. The lowest BCUT2D eigenvalue weighted by molar-refractivity contribution is -0.121. The second-order valence-electron chi connectivity index (χ2n) is 5.64. The van der Waals surface area contributed by atoms with Crippen LogP contribution in [0.15, 0.2) is 64.5 Å². The van der Waals surface area contributed by atoms with E-state index in [4.69, 9.17) is 28.6 Å². The van der Waals surface area contributed by atoms with E-state index in [1.165, 1.54) is 16.7 Å². The molecular weight excluding hydrogens is 466 g/mol. The van der Waals surface area contributed by atoms with Crippen LogP contribution >= 0.6 is 51.5 Å². The number of hydrogen-bond donors (Lipinski definition) is 0. The van der Waals surface area contributed by atoms with Crippen LogP contribution in [0.5, 0.6) is 5.75 Å². The molecule has 138 valence electrons. The maximum Gasteiger partial charge on any atom is 0.266 e. The summed E-state index contributed by atoms with van der Waals surface area (Å²) in [6.45, 7) is 4.40. The summed E-state index contributed by atoms with van der Waals surface area (Å²) in [6, 6.07) is 13.2. The minimum atomic E-state index is -0.123. The quantitative estimate of drug-likeness (QED) is 0.285. The number of carbonyl (C=O) groups excluding carboxylic acids is 1. The zero-order chi connectivity index (χ0) is 19.4. The molecule has 3 rings (SSSR count). The highest BCUT2D eigenvalue weighted by molar-refractivity contribution is 9.10. The zero-order valence-corrected chi connectivity index (χ0v) is 18.1. The van der Waals surface area contributed by atoms with Gasteiger partial charge in [0.05, 0.1) is 4.91 Å². The molecule has 0 unspecified atom stereocenters. The van der Waals surface area contributed by atoms with Gasteiger partial charge in [-0.3, -0.25) is 9.69 Å². The first-order chi connectivity index (χ1) is 13.0. The molecule has 0 spiro atoms. The van der Waals surface area contributed by atoms with Gasteiger partial charge in [0, 0.05) is 27.2 Å². The Morgan fingerprint density at radius 2 is 2.07 bits per heavy atom. The van der Waals surface area contributed by atoms with E-state index in [1.54, 1.807) is 12.2 Å². The van der Waals surface area contributed by atoms with Gasteiger partial charge in [-0.1, -0.05) is 75.8 Å². The van der Waals surface area contributed by atoms with E-state index in [0.717, 1.165) is 15.6 Å². The molecule has 3 nitrogen and oxygen atoms in total. The molecule has 0 saturated carbocycles. The molecule has 7 heteroatoms. The van der Waals surface area contributed by atoms with E-state index in [9.17, 15) is 4.79 Å². The molecule has 0 aliphatic carbocycles. The van der Waals surface area contributed by atoms with E-state index >= 15 is 0 Å². The highest BCUT2D eigenvalue weighted by Crippen LogP contribution is 2.35. The molecule has 0 N–H and O–H groups in total. The fraction of sp³-hybridized carbons (Fsp3) is 0.100. The lowest BCUT2D eigenvalue weighted by atomic mass is 10.1. The molecule has 1 heterocycles. The number of hydrogen-bond acceptors (Lipinski definition) is 4. The van der Waals surface area contributed by atoms with Gasteiger partial charge in [-0.15, -0.1) is 6.58 Å². The minimum absolute atomic E-state index is 0.123. The van der Waals surface area contributed by atoms with Gasteiger partial charge in [0.25, 0.3) is 5.91 Å². The number of benzene rings is 2. The first kappa shape index (κ1) is 20.1. The van der Waals surface area contributed by atoms with Crippen molar-refractivity contribution in [3.8, 4) is 5.75 Å². The molecule has 0 aromatic heterocycles. The van der Waals surface area contributed by atoms with Crippen molar-refractivity contribution in [1.82, 2.24) is 4.90 Å². The van der Waals surface area contributed by atoms with E-state index in [2.05, 4.69) is 22.5 Å². The van der Waals surface area contributed by atoms with E-state index in [-0.39, 0.29) is 5.91 Å². The lowest BCUT2D eigenvalue weighted by Crippen LogP contribution is -2.27. The van der Waals surface area contributed by atoms with Crippen LogP contribution in [0.1, 0.15) is 11.1 Å². The first-order valence-corrected chi connectivity index (χ1v) is 10.4. The summed E-state index contributed by atoms with van der Waals surface area (Å²) >= 11 is 16.2. The molecule has 27 heavy (non-hydrogen) atoms. The molecule has 2 aromatic carbocycles. The van der Waals surface area contributed by atoms with Crippen LogP contribution in [0.2, 0.25) is 5.02 Å². The standard InChI is InChI=1S/C20H15BrClNO2S2/c1-2-9-23-19(24)18(27-20(23)26)11-14-10-15(21)7-8-17(14)25-12-13-5-3-4-6-16(13)22/h2-8,10-11H,1,9,12H2/b18-11+. The number of rotatable bonds is 6. The molecule has 0 bridgehead atoms. The fourth-order valence-corrected chi connectivity index (χ4v) is 4.30. The van der Waals surface area contributed by atoms with Crippen molar-refractivity contribution in [1.29, 1.82) is 0 Å². The number of amides is 1. The SMILES string of the molecule is C=CCN1C(=O)/C(=C\c2cc(Br)ccc2OCc2ccccc2Cl)SC1=S. The van der Waals surface area contributed by atoms with Gasteiger partial charge < -0.3 is 4.74 Å². The summed E-state index contributed by atoms with van der Waals surface area (Å²) in [4.78, 5) is 14.6. The van der Waals surface area contributed by atoms with Crippen molar-refractivity contribution in [3.63, 3.8) is 0 Å². The third kappa shape index (κ3) is 4.82. The molecule has 1 aliphatic rings. The van der Waals surface area contributed by atoms with Crippen molar-refractivity contribution >= 4 is 67.8 Å². The summed E-state index contributed by atoms with van der Waals surface area (Å²) in [5.41, 5.74) is 1.68. The Morgan fingerprint density at radius 1 is 1.30 bits per heavy atom. The fourth-order valence-electron chi connectivity index (χ4n) is 2.46. The van der Waals surface area contributed by atoms with Gasteiger partial charge in [-0.2, -0.15) is 0 Å². The number of thioether (sulfide) groups is 1. The molecule has 1 aliphatic heterocycles. The normalized spacial score (nSPS) is 15.5. The van der Waals surface area contributed by atoms with Crippen LogP contribution < -0.4 is 4.74 Å². The number of ether oxygens (including phenoxy) is 1. The second kappa shape index (κ2) is 9.06. The van der Waals surface area contributed by atoms with Crippen molar-refractivity contribution < 1.29 is 9.53 Å². The van der Waals surface area contributed by atoms with Crippen LogP contribution in [0.25, 0.3) is 6.08 Å². The molecule has 0 radical (unpaired) electrons. The topological polar surface area (TPSA) is 29.5 Å². The maximum atomic E-state index is 12.6. The Hall–Kier alpha value is -1.60. The van der Waals surface area contributed by atoms with Crippen LogP contribution in [-0.2, 0) is 11.4 Å². The van der Waals surface area contributed by atoms with Gasteiger partial charge >= 0.3 is 0 Å². The number of thiocarbonyl (C=S) groups is 1. The highest BCUT2D eigenvalue weighted by Gasteiger charge is 2.31. The van der Waals surface area contributed by atoms with E-state index in [1.807, 2.05) is 42.5 Å². The Morgan fingerprint density at radius 3 is 2.81 bits per heavy atom. The predicted molar refractivity (Wildman–Crippen MR) is 120 cm³/mol. The molecule has 1 fully saturated rings. The maximum absolute atomic E-state index is 12.6. The van der Waals surface area contributed by atoms with Crippen molar-refractivity contribution in [2.45, 2.75) is 6.61 Å². The lowest BCUT2D eigenvalue weighted by Gasteiger charge is -2.12. The average molecular weight is 481 g/mol. The number of carbonyl (C=O) groups is 1. The minimum Gasteiger partial charge on any atom is -0.488 e.